The Morgan fingerprint density at radius 2 is 1.60 bits per heavy atom. The fourth-order valence-corrected chi connectivity index (χ4v) is 6.81. The molecule has 250 valence electrons. The van der Waals surface area contributed by atoms with Gasteiger partial charge in [-0.25, -0.2) is 0 Å². The van der Waals surface area contributed by atoms with Crippen molar-refractivity contribution in [1.82, 2.24) is 19.7 Å². The number of nitrogens with zero attached hydrogens (tertiary/aromatic N) is 5. The van der Waals surface area contributed by atoms with Crippen molar-refractivity contribution < 1.29 is 14.3 Å². The Kier molecular flexibility index (Phi) is 11.5. The zero-order valence-electron chi connectivity index (χ0n) is 28.1. The van der Waals surface area contributed by atoms with Crippen LogP contribution in [0.5, 0.6) is 5.75 Å². The maximum atomic E-state index is 14.4. The molecule has 1 aromatic heterocycles. The van der Waals surface area contributed by atoms with Crippen LogP contribution in [0, 0.1) is 0 Å². The Bertz CT molecular complexity index is 1640. The lowest BCUT2D eigenvalue weighted by Gasteiger charge is -2.28. The number of hydrogen-bond donors (Lipinski definition) is 0. The maximum absolute atomic E-state index is 14.4. The third kappa shape index (κ3) is 8.88. The van der Waals surface area contributed by atoms with E-state index in [-0.39, 0.29) is 11.8 Å². The van der Waals surface area contributed by atoms with Crippen LogP contribution in [0.15, 0.2) is 97.3 Å². The molecule has 0 unspecified atom stereocenters. The molecule has 0 N–H and O–H groups in total. The monoisotopic (exact) mass is 645 g/mol. The van der Waals surface area contributed by atoms with Gasteiger partial charge in [0.05, 0.1) is 6.61 Å². The predicted molar refractivity (Wildman–Crippen MR) is 191 cm³/mol. The normalized spacial score (nSPS) is 16.3. The summed E-state index contributed by atoms with van der Waals surface area (Å²) >= 11 is 0. The molecule has 0 bridgehead atoms. The molecule has 0 saturated carbocycles. The second kappa shape index (κ2) is 16.5. The molecule has 2 aliphatic heterocycles. The first-order valence-corrected chi connectivity index (χ1v) is 17.4. The van der Waals surface area contributed by atoms with Gasteiger partial charge in [0.15, 0.2) is 0 Å². The number of benzene rings is 3. The summed E-state index contributed by atoms with van der Waals surface area (Å²) in [5, 5.41) is 0. The highest BCUT2D eigenvalue weighted by Crippen LogP contribution is 2.30. The van der Waals surface area contributed by atoms with Gasteiger partial charge in [-0.3, -0.25) is 19.5 Å². The maximum Gasteiger partial charge on any atom is 0.254 e. The summed E-state index contributed by atoms with van der Waals surface area (Å²) in [4.78, 5) is 40.5. The van der Waals surface area contributed by atoms with E-state index >= 15 is 0 Å². The van der Waals surface area contributed by atoms with Gasteiger partial charge < -0.3 is 19.4 Å². The molecule has 0 spiro atoms. The van der Waals surface area contributed by atoms with E-state index in [1.54, 1.807) is 13.1 Å². The van der Waals surface area contributed by atoms with Crippen molar-refractivity contribution >= 4 is 17.5 Å². The van der Waals surface area contributed by atoms with E-state index in [9.17, 15) is 9.59 Å². The Morgan fingerprint density at radius 3 is 2.40 bits per heavy atom. The van der Waals surface area contributed by atoms with E-state index in [1.807, 2.05) is 70.6 Å². The number of anilines is 1. The van der Waals surface area contributed by atoms with Crippen molar-refractivity contribution in [2.24, 2.45) is 0 Å². The fraction of sp³-hybridized carbons (Fsp3) is 0.375. The number of carbonyl (C=O) groups is 2. The zero-order valence-corrected chi connectivity index (χ0v) is 28.1. The molecular formula is C40H47N5O3. The highest BCUT2D eigenvalue weighted by molar-refractivity contribution is 5.95. The average Bonchev–Trinajstić information content (AvgIpc) is 3.63. The average molecular weight is 646 g/mol. The van der Waals surface area contributed by atoms with Crippen molar-refractivity contribution in [3.8, 4) is 16.9 Å². The van der Waals surface area contributed by atoms with Crippen LogP contribution in [0.25, 0.3) is 11.1 Å². The first kappa shape index (κ1) is 33.4. The van der Waals surface area contributed by atoms with E-state index in [4.69, 9.17) is 4.74 Å². The van der Waals surface area contributed by atoms with E-state index in [0.29, 0.717) is 44.1 Å². The van der Waals surface area contributed by atoms with Crippen LogP contribution < -0.4 is 9.64 Å². The van der Waals surface area contributed by atoms with Gasteiger partial charge in [-0.2, -0.15) is 0 Å². The van der Waals surface area contributed by atoms with Crippen molar-refractivity contribution in [3.63, 3.8) is 0 Å². The first-order valence-electron chi connectivity index (χ1n) is 17.4. The fourth-order valence-electron chi connectivity index (χ4n) is 6.81. The number of carbonyl (C=O) groups excluding carboxylic acids is 2. The highest BCUT2D eigenvalue weighted by Gasteiger charge is 2.24. The second-order valence-corrected chi connectivity index (χ2v) is 12.9. The number of aromatic nitrogens is 1. The summed E-state index contributed by atoms with van der Waals surface area (Å²) in [5.41, 5.74) is 5.61. The summed E-state index contributed by atoms with van der Waals surface area (Å²) in [6, 6.07) is 28.2. The van der Waals surface area contributed by atoms with E-state index in [0.717, 1.165) is 54.9 Å². The van der Waals surface area contributed by atoms with Gasteiger partial charge in [0.25, 0.3) is 5.91 Å². The number of hydrogen-bond acceptors (Lipinski definition) is 6. The molecular weight excluding hydrogens is 598 g/mol. The van der Waals surface area contributed by atoms with Crippen LogP contribution >= 0.6 is 0 Å². The Morgan fingerprint density at radius 1 is 0.771 bits per heavy atom. The zero-order chi connectivity index (χ0) is 33.1. The lowest BCUT2D eigenvalue weighted by molar-refractivity contribution is -0.116. The van der Waals surface area contributed by atoms with Crippen LogP contribution in [0.4, 0.5) is 5.69 Å². The van der Waals surface area contributed by atoms with Crippen molar-refractivity contribution in [1.29, 1.82) is 0 Å². The standard InChI is InChI=1S/C40H47N5O3/c1-32(46)45-23-9-21-43(30-33-11-3-2-4-12-33)24-25-44(31-37-27-34(16-17-39(37)45)36-14-8-18-41-29-36)40(47)35-13-7-15-38(28-35)48-26-10-22-42-19-5-6-20-42/h2-4,7-8,11-18,27-29H,5-6,9-10,19-26,30-31H2,1H3. The number of amides is 2. The summed E-state index contributed by atoms with van der Waals surface area (Å²) in [6.45, 7) is 9.47. The van der Waals surface area contributed by atoms with E-state index in [1.165, 1.54) is 31.5 Å². The molecule has 4 aromatic rings. The number of likely N-dealkylation sites (tertiary alicyclic amines) is 1. The predicted octanol–water partition coefficient (Wildman–Crippen LogP) is 6.51. The van der Waals surface area contributed by atoms with E-state index in [2.05, 4.69) is 45.1 Å². The molecule has 0 aliphatic carbocycles. The minimum Gasteiger partial charge on any atom is -0.494 e. The molecule has 1 saturated heterocycles. The van der Waals surface area contributed by atoms with Gasteiger partial charge >= 0.3 is 0 Å². The van der Waals surface area contributed by atoms with Crippen molar-refractivity contribution in [2.75, 3.05) is 57.3 Å². The van der Waals surface area contributed by atoms with Crippen LogP contribution in [0.2, 0.25) is 0 Å². The second-order valence-electron chi connectivity index (χ2n) is 12.9. The van der Waals surface area contributed by atoms with Crippen molar-refractivity contribution in [3.05, 3.63) is 114 Å². The molecule has 48 heavy (non-hydrogen) atoms. The topological polar surface area (TPSA) is 69.2 Å². The Labute approximate surface area is 284 Å². The molecule has 2 amide bonds. The van der Waals surface area contributed by atoms with Crippen LogP contribution in [0.3, 0.4) is 0 Å². The van der Waals surface area contributed by atoms with Gasteiger partial charge in [0.1, 0.15) is 5.75 Å². The molecule has 1 fully saturated rings. The highest BCUT2D eigenvalue weighted by atomic mass is 16.5. The molecule has 8 nitrogen and oxygen atoms in total. The van der Waals surface area contributed by atoms with Gasteiger partial charge in [-0.05, 0) is 97.4 Å². The summed E-state index contributed by atoms with van der Waals surface area (Å²) in [7, 11) is 0. The van der Waals surface area contributed by atoms with Crippen LogP contribution in [0.1, 0.15) is 54.1 Å². The van der Waals surface area contributed by atoms with Gasteiger partial charge in [0, 0.05) is 76.4 Å². The molecule has 6 rings (SSSR count). The molecule has 3 aromatic carbocycles. The lowest BCUT2D eigenvalue weighted by atomic mass is 10.0. The summed E-state index contributed by atoms with van der Waals surface area (Å²) in [5.74, 6) is 0.656. The number of ether oxygens (including phenoxy) is 1. The minimum absolute atomic E-state index is 0.00769. The van der Waals surface area contributed by atoms with Crippen LogP contribution in [-0.4, -0.2) is 83.9 Å². The first-order chi connectivity index (χ1) is 23.5. The Hall–Kier alpha value is -4.53. The van der Waals surface area contributed by atoms with E-state index < -0.39 is 0 Å². The van der Waals surface area contributed by atoms with Crippen molar-refractivity contribution in [2.45, 2.75) is 45.7 Å². The molecule has 2 aliphatic rings. The third-order valence-electron chi connectivity index (χ3n) is 9.35. The smallest absolute Gasteiger partial charge is 0.254 e. The quantitative estimate of drug-likeness (QED) is 0.193. The molecule has 0 radical (unpaired) electrons. The van der Waals surface area contributed by atoms with Gasteiger partial charge in [0.2, 0.25) is 5.91 Å². The summed E-state index contributed by atoms with van der Waals surface area (Å²) < 4.78 is 6.13. The van der Waals surface area contributed by atoms with Gasteiger partial charge in [-0.1, -0.05) is 48.5 Å². The molecule has 3 heterocycles. The molecule has 0 atom stereocenters. The molecule has 8 heteroatoms. The Balaban J connectivity index is 1.28. The largest absolute Gasteiger partial charge is 0.494 e. The summed E-state index contributed by atoms with van der Waals surface area (Å²) in [6.07, 6.45) is 7.96. The van der Waals surface area contributed by atoms with Gasteiger partial charge in [-0.15, -0.1) is 0 Å². The minimum atomic E-state index is -0.0523. The number of rotatable bonds is 9. The van der Waals surface area contributed by atoms with Crippen LogP contribution in [-0.2, 0) is 17.9 Å². The SMILES string of the molecule is CC(=O)N1CCCN(Cc2ccccc2)CCN(C(=O)c2cccc(OCCCN3CCCC3)c2)Cc2cc(-c3cccnc3)ccc21. The number of pyridine rings is 1. The number of fused-ring (bicyclic) bond motifs is 1. The third-order valence-corrected chi connectivity index (χ3v) is 9.35. The lowest BCUT2D eigenvalue weighted by Crippen LogP contribution is -2.38.